The van der Waals surface area contributed by atoms with Crippen LogP contribution in [0.1, 0.15) is 28.9 Å². The molecule has 2 N–H and O–H groups in total. The van der Waals surface area contributed by atoms with Gasteiger partial charge in [0.1, 0.15) is 6.26 Å². The van der Waals surface area contributed by atoms with Gasteiger partial charge in [-0.15, -0.1) is 0 Å². The summed E-state index contributed by atoms with van der Waals surface area (Å²) in [5, 5.41) is 11.9. The average Bonchev–Trinajstić information content (AvgIpc) is 2.99. The SMILES string of the molecule is C[C@H](C(=O)O)[C@@H](NC(=O)c1ccoc1)c1ccccc1. The van der Waals surface area contributed by atoms with Crippen LogP contribution in [0, 0.1) is 5.92 Å². The molecule has 0 saturated carbocycles. The summed E-state index contributed by atoms with van der Waals surface area (Å²) in [7, 11) is 0. The fourth-order valence-corrected chi connectivity index (χ4v) is 1.92. The molecule has 0 unspecified atom stereocenters. The number of nitrogens with one attached hydrogen (secondary N) is 1. The van der Waals surface area contributed by atoms with Crippen molar-refractivity contribution < 1.29 is 19.1 Å². The Kier molecular flexibility index (Phi) is 4.20. The Labute approximate surface area is 116 Å². The summed E-state index contributed by atoms with van der Waals surface area (Å²) >= 11 is 0. The third kappa shape index (κ3) is 3.06. The van der Waals surface area contributed by atoms with E-state index in [9.17, 15) is 14.7 Å². The van der Waals surface area contributed by atoms with Gasteiger partial charge in [-0.05, 0) is 18.6 Å². The Balaban J connectivity index is 2.24. The molecule has 2 aromatic rings. The Hall–Kier alpha value is -2.56. The molecule has 5 nitrogen and oxygen atoms in total. The highest BCUT2D eigenvalue weighted by Gasteiger charge is 2.27. The summed E-state index contributed by atoms with van der Waals surface area (Å²) in [4.78, 5) is 23.3. The van der Waals surface area contributed by atoms with Gasteiger partial charge in [0.2, 0.25) is 0 Å². The van der Waals surface area contributed by atoms with E-state index in [0.29, 0.717) is 5.56 Å². The summed E-state index contributed by atoms with van der Waals surface area (Å²) in [6, 6.07) is 9.96. The Morgan fingerprint density at radius 3 is 2.45 bits per heavy atom. The third-order valence-electron chi connectivity index (χ3n) is 3.12. The van der Waals surface area contributed by atoms with E-state index in [1.807, 2.05) is 6.07 Å². The van der Waals surface area contributed by atoms with Crippen LogP contribution in [0.15, 0.2) is 53.3 Å². The predicted octanol–water partition coefficient (Wildman–Crippen LogP) is 2.47. The molecule has 0 radical (unpaired) electrons. The molecule has 0 fully saturated rings. The monoisotopic (exact) mass is 273 g/mol. The lowest BCUT2D eigenvalue weighted by molar-refractivity contribution is -0.142. The van der Waals surface area contributed by atoms with E-state index in [2.05, 4.69) is 5.32 Å². The van der Waals surface area contributed by atoms with Gasteiger partial charge in [-0.1, -0.05) is 30.3 Å². The van der Waals surface area contributed by atoms with E-state index in [0.717, 1.165) is 5.56 Å². The lowest BCUT2D eigenvalue weighted by Gasteiger charge is -2.22. The van der Waals surface area contributed by atoms with Crippen LogP contribution < -0.4 is 5.32 Å². The second-order valence-corrected chi connectivity index (χ2v) is 4.50. The Bertz CT molecular complexity index is 577. The number of hydrogen-bond acceptors (Lipinski definition) is 3. The van der Waals surface area contributed by atoms with Crippen molar-refractivity contribution in [1.82, 2.24) is 5.32 Å². The highest BCUT2D eigenvalue weighted by atomic mass is 16.4. The first-order valence-electron chi connectivity index (χ1n) is 6.20. The molecule has 1 aromatic heterocycles. The molecular formula is C15H15NO4. The zero-order chi connectivity index (χ0) is 14.5. The minimum absolute atomic E-state index is 0.360. The van der Waals surface area contributed by atoms with E-state index < -0.39 is 17.9 Å². The maximum absolute atomic E-state index is 12.1. The van der Waals surface area contributed by atoms with Crippen LogP contribution in [-0.4, -0.2) is 17.0 Å². The quantitative estimate of drug-likeness (QED) is 0.877. The van der Waals surface area contributed by atoms with Gasteiger partial charge in [-0.2, -0.15) is 0 Å². The maximum Gasteiger partial charge on any atom is 0.308 e. The number of aliphatic carboxylic acids is 1. The second kappa shape index (κ2) is 6.06. The zero-order valence-electron chi connectivity index (χ0n) is 10.9. The first-order chi connectivity index (χ1) is 9.59. The molecule has 20 heavy (non-hydrogen) atoms. The molecule has 0 aliphatic heterocycles. The van der Waals surface area contributed by atoms with Crippen molar-refractivity contribution in [1.29, 1.82) is 0 Å². The minimum atomic E-state index is -0.966. The van der Waals surface area contributed by atoms with Gasteiger partial charge in [0.05, 0.1) is 23.8 Å². The van der Waals surface area contributed by atoms with Crippen LogP contribution in [0.5, 0.6) is 0 Å². The highest BCUT2D eigenvalue weighted by Crippen LogP contribution is 2.22. The minimum Gasteiger partial charge on any atom is -0.481 e. The molecule has 1 heterocycles. The molecule has 0 spiro atoms. The van der Waals surface area contributed by atoms with E-state index in [1.54, 1.807) is 31.2 Å². The molecule has 5 heteroatoms. The molecule has 0 saturated heterocycles. The Morgan fingerprint density at radius 2 is 1.90 bits per heavy atom. The fraction of sp³-hybridized carbons (Fsp3) is 0.200. The van der Waals surface area contributed by atoms with Crippen LogP contribution >= 0.6 is 0 Å². The number of rotatable bonds is 5. The number of carbonyl (C=O) groups is 2. The van der Waals surface area contributed by atoms with Crippen molar-refractivity contribution in [2.45, 2.75) is 13.0 Å². The standard InChI is InChI=1S/C15H15NO4/c1-10(15(18)19)13(11-5-3-2-4-6-11)16-14(17)12-7-8-20-9-12/h2-10,13H,1H3,(H,16,17)(H,18,19)/t10-,13+/m0/s1. The summed E-state index contributed by atoms with van der Waals surface area (Å²) in [5.41, 5.74) is 1.11. The molecule has 2 rings (SSSR count). The van der Waals surface area contributed by atoms with Crippen molar-refractivity contribution in [2.75, 3.05) is 0 Å². The normalized spacial score (nSPS) is 13.4. The topological polar surface area (TPSA) is 79.5 Å². The summed E-state index contributed by atoms with van der Waals surface area (Å²) in [6.45, 7) is 1.57. The predicted molar refractivity (Wildman–Crippen MR) is 72.2 cm³/mol. The number of carbonyl (C=O) groups excluding carboxylic acids is 1. The molecule has 1 aromatic carbocycles. The molecule has 0 aliphatic rings. The van der Waals surface area contributed by atoms with Gasteiger partial charge >= 0.3 is 5.97 Å². The Morgan fingerprint density at radius 1 is 1.20 bits per heavy atom. The molecular weight excluding hydrogens is 258 g/mol. The number of carboxylic acids is 1. The largest absolute Gasteiger partial charge is 0.481 e. The van der Waals surface area contributed by atoms with Crippen molar-refractivity contribution in [2.24, 2.45) is 5.92 Å². The van der Waals surface area contributed by atoms with Gasteiger partial charge in [-0.3, -0.25) is 9.59 Å². The van der Waals surface area contributed by atoms with Gasteiger partial charge in [0.25, 0.3) is 5.91 Å². The lowest BCUT2D eigenvalue weighted by atomic mass is 9.94. The molecule has 0 aliphatic carbocycles. The third-order valence-corrected chi connectivity index (χ3v) is 3.12. The molecule has 0 bridgehead atoms. The zero-order valence-corrected chi connectivity index (χ0v) is 10.9. The summed E-state index contributed by atoms with van der Waals surface area (Å²) in [5.74, 6) is -2.07. The van der Waals surface area contributed by atoms with Crippen LogP contribution in [0.4, 0.5) is 0 Å². The smallest absolute Gasteiger partial charge is 0.308 e. The van der Waals surface area contributed by atoms with E-state index >= 15 is 0 Å². The fourth-order valence-electron chi connectivity index (χ4n) is 1.92. The highest BCUT2D eigenvalue weighted by molar-refractivity contribution is 5.94. The van der Waals surface area contributed by atoms with Gasteiger partial charge in [-0.25, -0.2) is 0 Å². The van der Waals surface area contributed by atoms with Gasteiger partial charge < -0.3 is 14.8 Å². The van der Waals surface area contributed by atoms with Gasteiger partial charge in [0, 0.05) is 0 Å². The van der Waals surface area contributed by atoms with Crippen molar-refractivity contribution in [3.63, 3.8) is 0 Å². The maximum atomic E-state index is 12.1. The van der Waals surface area contributed by atoms with E-state index in [4.69, 9.17) is 4.42 Å². The number of furan rings is 1. The molecule has 1 amide bonds. The van der Waals surface area contributed by atoms with Crippen LogP contribution in [0.25, 0.3) is 0 Å². The van der Waals surface area contributed by atoms with Crippen LogP contribution in [0.2, 0.25) is 0 Å². The average molecular weight is 273 g/mol. The number of hydrogen-bond donors (Lipinski definition) is 2. The molecule has 2 atom stereocenters. The number of carboxylic acid groups (broad SMARTS) is 1. The lowest BCUT2D eigenvalue weighted by Crippen LogP contribution is -2.35. The summed E-state index contributed by atoms with van der Waals surface area (Å²) < 4.78 is 4.85. The van der Waals surface area contributed by atoms with E-state index in [-0.39, 0.29) is 5.91 Å². The first-order valence-corrected chi connectivity index (χ1v) is 6.20. The number of benzene rings is 1. The van der Waals surface area contributed by atoms with Crippen LogP contribution in [-0.2, 0) is 4.79 Å². The first kappa shape index (κ1) is 13.9. The van der Waals surface area contributed by atoms with Gasteiger partial charge in [0.15, 0.2) is 0 Å². The number of amides is 1. The van der Waals surface area contributed by atoms with Crippen LogP contribution in [0.3, 0.4) is 0 Å². The van der Waals surface area contributed by atoms with E-state index in [1.165, 1.54) is 18.6 Å². The van der Waals surface area contributed by atoms with Crippen molar-refractivity contribution >= 4 is 11.9 Å². The molecule has 104 valence electrons. The second-order valence-electron chi connectivity index (χ2n) is 4.50. The summed E-state index contributed by atoms with van der Waals surface area (Å²) in [6.07, 6.45) is 2.72. The van der Waals surface area contributed by atoms with Crippen molar-refractivity contribution in [3.8, 4) is 0 Å². The van der Waals surface area contributed by atoms with Crippen molar-refractivity contribution in [3.05, 3.63) is 60.1 Å².